The second-order valence-electron chi connectivity index (χ2n) is 6.91. The van der Waals surface area contributed by atoms with E-state index in [1.54, 1.807) is 12.1 Å². The summed E-state index contributed by atoms with van der Waals surface area (Å²) in [6.07, 6.45) is 0. The smallest absolute Gasteiger partial charge is 0.262 e. The van der Waals surface area contributed by atoms with Crippen LogP contribution in [-0.4, -0.2) is 12.5 Å². The third-order valence-corrected chi connectivity index (χ3v) is 5.19. The zero-order chi connectivity index (χ0) is 21.7. The first-order valence-electron chi connectivity index (χ1n) is 9.29. The van der Waals surface area contributed by atoms with Gasteiger partial charge in [-0.2, -0.15) is 0 Å². The van der Waals surface area contributed by atoms with Gasteiger partial charge in [-0.3, -0.25) is 4.79 Å². The molecule has 3 rings (SSSR count). The fourth-order valence-corrected chi connectivity index (χ4v) is 3.71. The molecule has 3 aromatic carbocycles. The molecule has 4 nitrogen and oxygen atoms in total. The van der Waals surface area contributed by atoms with Crippen molar-refractivity contribution >= 4 is 52.1 Å². The largest absolute Gasteiger partial charge is 0.481 e. The van der Waals surface area contributed by atoms with Gasteiger partial charge in [-0.15, -0.1) is 0 Å². The van der Waals surface area contributed by atoms with Crippen LogP contribution in [0.3, 0.4) is 0 Å². The minimum Gasteiger partial charge on any atom is -0.481 e. The van der Waals surface area contributed by atoms with Crippen LogP contribution in [-0.2, 0) is 11.3 Å². The zero-order valence-corrected chi connectivity index (χ0v) is 18.8. The number of amides is 1. The van der Waals surface area contributed by atoms with E-state index in [-0.39, 0.29) is 18.3 Å². The van der Waals surface area contributed by atoms with Crippen LogP contribution >= 0.6 is 34.8 Å². The van der Waals surface area contributed by atoms with Crippen molar-refractivity contribution < 1.29 is 9.53 Å². The summed E-state index contributed by atoms with van der Waals surface area (Å²) >= 11 is 18.8. The monoisotopic (exact) mass is 462 g/mol. The summed E-state index contributed by atoms with van der Waals surface area (Å²) in [5.41, 5.74) is 4.65. The maximum absolute atomic E-state index is 12.2. The first-order chi connectivity index (χ1) is 14.3. The third kappa shape index (κ3) is 6.05. The van der Waals surface area contributed by atoms with Gasteiger partial charge in [0.05, 0.1) is 10.0 Å². The number of halogens is 3. The Labute approximate surface area is 191 Å². The molecule has 30 heavy (non-hydrogen) atoms. The molecule has 0 radical (unpaired) electrons. The number of anilines is 2. The lowest BCUT2D eigenvalue weighted by molar-refractivity contribution is -0.118. The standard InChI is InChI=1S/C23H21Cl3N2O2/c1-14-4-3-5-18(8-14)28-22(29)13-30-23-19(25)9-16(10-20(23)26)12-27-21-11-17(24)7-6-15(21)2/h3-11,27H,12-13H2,1-2H3,(H,28,29). The molecule has 1 amide bonds. The van der Waals surface area contributed by atoms with E-state index in [2.05, 4.69) is 10.6 Å². The lowest BCUT2D eigenvalue weighted by Crippen LogP contribution is -2.20. The fraction of sp³-hybridized carbons (Fsp3) is 0.174. The van der Waals surface area contributed by atoms with E-state index in [1.807, 2.05) is 56.3 Å². The van der Waals surface area contributed by atoms with Crippen LogP contribution < -0.4 is 15.4 Å². The number of hydrogen-bond acceptors (Lipinski definition) is 3. The van der Waals surface area contributed by atoms with Crippen molar-refractivity contribution in [3.05, 3.63) is 86.4 Å². The first-order valence-corrected chi connectivity index (χ1v) is 10.4. The molecule has 156 valence electrons. The summed E-state index contributed by atoms with van der Waals surface area (Å²) in [6, 6.07) is 16.7. The van der Waals surface area contributed by atoms with Crippen LogP contribution in [0.15, 0.2) is 54.6 Å². The zero-order valence-electron chi connectivity index (χ0n) is 16.6. The Morgan fingerprint density at radius 1 is 0.967 bits per heavy atom. The molecule has 0 aliphatic rings. The molecule has 0 aliphatic heterocycles. The van der Waals surface area contributed by atoms with E-state index >= 15 is 0 Å². The van der Waals surface area contributed by atoms with Crippen LogP contribution in [0.5, 0.6) is 5.75 Å². The Morgan fingerprint density at radius 2 is 1.70 bits per heavy atom. The van der Waals surface area contributed by atoms with Gasteiger partial charge in [0.1, 0.15) is 0 Å². The van der Waals surface area contributed by atoms with Gasteiger partial charge in [0.15, 0.2) is 12.4 Å². The van der Waals surface area contributed by atoms with Crippen LogP contribution in [0.2, 0.25) is 15.1 Å². The van der Waals surface area contributed by atoms with Gasteiger partial charge in [-0.05, 0) is 66.9 Å². The predicted octanol–water partition coefficient (Wildman–Crippen LogP) is 6.89. The Kier molecular flexibility index (Phi) is 7.48. The van der Waals surface area contributed by atoms with E-state index < -0.39 is 0 Å². The molecule has 0 saturated carbocycles. The number of benzene rings is 3. The summed E-state index contributed by atoms with van der Waals surface area (Å²) < 4.78 is 5.57. The number of rotatable bonds is 7. The maximum Gasteiger partial charge on any atom is 0.262 e. The highest BCUT2D eigenvalue weighted by Gasteiger charge is 2.13. The van der Waals surface area contributed by atoms with Crippen LogP contribution in [0.25, 0.3) is 0 Å². The molecule has 0 bridgehead atoms. The number of nitrogens with one attached hydrogen (secondary N) is 2. The minimum absolute atomic E-state index is 0.202. The maximum atomic E-state index is 12.2. The van der Waals surface area contributed by atoms with Gasteiger partial charge in [0.2, 0.25) is 0 Å². The summed E-state index contributed by atoms with van der Waals surface area (Å²) in [5, 5.41) is 7.44. The topological polar surface area (TPSA) is 50.4 Å². The Balaban J connectivity index is 1.61. The molecule has 0 heterocycles. The summed E-state index contributed by atoms with van der Waals surface area (Å²) in [6.45, 7) is 4.26. The second-order valence-corrected chi connectivity index (χ2v) is 8.16. The van der Waals surface area contributed by atoms with Crippen molar-refractivity contribution in [2.45, 2.75) is 20.4 Å². The van der Waals surface area contributed by atoms with E-state index in [9.17, 15) is 4.79 Å². The second kappa shape index (κ2) is 10.1. The van der Waals surface area contributed by atoms with Gasteiger partial charge < -0.3 is 15.4 Å². The highest BCUT2D eigenvalue weighted by molar-refractivity contribution is 6.37. The van der Waals surface area contributed by atoms with E-state index in [4.69, 9.17) is 39.5 Å². The first kappa shape index (κ1) is 22.3. The number of ether oxygens (including phenoxy) is 1. The van der Waals surface area contributed by atoms with E-state index in [1.165, 1.54) is 0 Å². The van der Waals surface area contributed by atoms with E-state index in [0.717, 1.165) is 22.4 Å². The molecule has 3 aromatic rings. The number of hydrogen-bond donors (Lipinski definition) is 2. The quantitative estimate of drug-likeness (QED) is 0.401. The van der Waals surface area contributed by atoms with E-state index in [0.29, 0.717) is 27.3 Å². The van der Waals surface area contributed by atoms with Crippen molar-refractivity contribution in [2.24, 2.45) is 0 Å². The van der Waals surface area contributed by atoms with Crippen molar-refractivity contribution in [2.75, 3.05) is 17.2 Å². The molecule has 0 aromatic heterocycles. The summed E-state index contributed by atoms with van der Waals surface area (Å²) in [5.74, 6) is -0.0182. The lowest BCUT2D eigenvalue weighted by Gasteiger charge is -2.14. The van der Waals surface area contributed by atoms with Crippen LogP contribution in [0, 0.1) is 13.8 Å². The molecule has 0 fully saturated rings. The van der Waals surface area contributed by atoms with Crippen molar-refractivity contribution in [3.8, 4) is 5.75 Å². The van der Waals surface area contributed by atoms with Gasteiger partial charge >= 0.3 is 0 Å². The van der Waals surface area contributed by atoms with Crippen molar-refractivity contribution in [1.29, 1.82) is 0 Å². The molecule has 7 heteroatoms. The SMILES string of the molecule is Cc1cccc(NC(=O)COc2c(Cl)cc(CNc3cc(Cl)ccc3C)cc2Cl)c1. The molecular formula is C23H21Cl3N2O2. The molecule has 0 saturated heterocycles. The van der Waals surface area contributed by atoms with Crippen molar-refractivity contribution in [3.63, 3.8) is 0 Å². The predicted molar refractivity (Wildman–Crippen MR) is 125 cm³/mol. The fourth-order valence-electron chi connectivity index (χ4n) is 2.89. The Bertz CT molecular complexity index is 1050. The van der Waals surface area contributed by atoms with Crippen LogP contribution in [0.4, 0.5) is 11.4 Å². The summed E-state index contributed by atoms with van der Waals surface area (Å²) in [7, 11) is 0. The molecule has 0 spiro atoms. The van der Waals surface area contributed by atoms with Gasteiger partial charge in [0, 0.05) is 22.9 Å². The highest BCUT2D eigenvalue weighted by atomic mass is 35.5. The average Bonchev–Trinajstić information content (AvgIpc) is 2.68. The van der Waals surface area contributed by atoms with Crippen LogP contribution in [0.1, 0.15) is 16.7 Å². The summed E-state index contributed by atoms with van der Waals surface area (Å²) in [4.78, 5) is 12.2. The highest BCUT2D eigenvalue weighted by Crippen LogP contribution is 2.34. The minimum atomic E-state index is -0.296. The number of carbonyl (C=O) groups is 1. The van der Waals surface area contributed by atoms with Gasteiger partial charge in [-0.25, -0.2) is 0 Å². The Hall–Kier alpha value is -2.40. The molecule has 0 atom stereocenters. The van der Waals surface area contributed by atoms with Gasteiger partial charge in [0.25, 0.3) is 5.91 Å². The normalized spacial score (nSPS) is 10.6. The number of carbonyl (C=O) groups excluding carboxylic acids is 1. The van der Waals surface area contributed by atoms with Crippen molar-refractivity contribution in [1.82, 2.24) is 0 Å². The average molecular weight is 464 g/mol. The molecule has 2 N–H and O–H groups in total. The molecular weight excluding hydrogens is 443 g/mol. The molecule has 0 unspecified atom stereocenters. The lowest BCUT2D eigenvalue weighted by atomic mass is 10.1. The number of aryl methyl sites for hydroxylation is 2. The van der Waals surface area contributed by atoms with Gasteiger partial charge in [-0.1, -0.05) is 53.0 Å². The third-order valence-electron chi connectivity index (χ3n) is 4.39. The molecule has 0 aliphatic carbocycles. The Morgan fingerprint density at radius 3 is 2.40 bits per heavy atom.